The predicted molar refractivity (Wildman–Crippen MR) is 74.3 cm³/mol. The standard InChI is InChI=1S/C15H30O3/c1-11(9-16)18-12(17)15(8,14(5,6)7)10-13(2,3)4/h11,16H,9-10H2,1-8H3. The summed E-state index contributed by atoms with van der Waals surface area (Å²) in [4.78, 5) is 12.4. The van der Waals surface area contributed by atoms with E-state index in [0.29, 0.717) is 0 Å². The highest BCUT2D eigenvalue weighted by molar-refractivity contribution is 5.77. The van der Waals surface area contributed by atoms with Gasteiger partial charge in [0.1, 0.15) is 6.10 Å². The molecular weight excluding hydrogens is 228 g/mol. The minimum atomic E-state index is -0.561. The van der Waals surface area contributed by atoms with E-state index in [-0.39, 0.29) is 23.4 Å². The van der Waals surface area contributed by atoms with Gasteiger partial charge in [0.2, 0.25) is 0 Å². The molecule has 0 aromatic heterocycles. The van der Waals surface area contributed by atoms with E-state index >= 15 is 0 Å². The number of aliphatic hydroxyl groups is 1. The molecule has 2 atom stereocenters. The van der Waals surface area contributed by atoms with Crippen LogP contribution in [0, 0.1) is 16.2 Å². The topological polar surface area (TPSA) is 46.5 Å². The molecule has 0 heterocycles. The van der Waals surface area contributed by atoms with Gasteiger partial charge in [-0.15, -0.1) is 0 Å². The fourth-order valence-corrected chi connectivity index (χ4v) is 2.05. The smallest absolute Gasteiger partial charge is 0.312 e. The van der Waals surface area contributed by atoms with E-state index in [9.17, 15) is 4.79 Å². The quantitative estimate of drug-likeness (QED) is 0.786. The summed E-state index contributed by atoms with van der Waals surface area (Å²) in [6.45, 7) is 16.1. The van der Waals surface area contributed by atoms with Gasteiger partial charge in [0.15, 0.2) is 0 Å². The number of aliphatic hydroxyl groups excluding tert-OH is 1. The number of carbonyl (C=O) groups is 1. The lowest BCUT2D eigenvalue weighted by Crippen LogP contribution is -2.45. The van der Waals surface area contributed by atoms with Gasteiger partial charge in [-0.1, -0.05) is 41.5 Å². The van der Waals surface area contributed by atoms with Crippen LogP contribution in [0.1, 0.15) is 61.8 Å². The van der Waals surface area contributed by atoms with E-state index in [1.165, 1.54) is 0 Å². The van der Waals surface area contributed by atoms with Crippen molar-refractivity contribution >= 4 is 5.97 Å². The van der Waals surface area contributed by atoms with Crippen molar-refractivity contribution in [3.05, 3.63) is 0 Å². The molecule has 1 N–H and O–H groups in total. The zero-order valence-electron chi connectivity index (χ0n) is 13.3. The Kier molecular flexibility index (Phi) is 5.42. The Morgan fingerprint density at radius 1 is 1.11 bits per heavy atom. The molecule has 0 aromatic carbocycles. The monoisotopic (exact) mass is 258 g/mol. The molecule has 0 aliphatic heterocycles. The second kappa shape index (κ2) is 5.60. The highest BCUT2D eigenvalue weighted by atomic mass is 16.6. The van der Waals surface area contributed by atoms with Crippen molar-refractivity contribution in [2.75, 3.05) is 6.61 Å². The van der Waals surface area contributed by atoms with Gasteiger partial charge in [-0.05, 0) is 31.1 Å². The Morgan fingerprint density at radius 2 is 1.56 bits per heavy atom. The van der Waals surface area contributed by atoms with Crippen LogP contribution < -0.4 is 0 Å². The maximum atomic E-state index is 12.4. The normalized spacial score (nSPS) is 18.1. The van der Waals surface area contributed by atoms with Crippen LogP contribution >= 0.6 is 0 Å². The third-order valence-electron chi connectivity index (χ3n) is 3.56. The van der Waals surface area contributed by atoms with Crippen molar-refractivity contribution in [1.29, 1.82) is 0 Å². The summed E-state index contributed by atoms with van der Waals surface area (Å²) in [5.41, 5.74) is -0.704. The van der Waals surface area contributed by atoms with E-state index in [1.54, 1.807) is 6.92 Å². The molecule has 0 radical (unpaired) electrons. The minimum Gasteiger partial charge on any atom is -0.460 e. The first-order valence-corrected chi connectivity index (χ1v) is 6.65. The predicted octanol–water partition coefficient (Wildman–Crippen LogP) is 3.40. The van der Waals surface area contributed by atoms with Gasteiger partial charge < -0.3 is 9.84 Å². The molecule has 0 aliphatic carbocycles. The average Bonchev–Trinajstić information content (AvgIpc) is 2.12. The van der Waals surface area contributed by atoms with Crippen molar-refractivity contribution in [3.8, 4) is 0 Å². The van der Waals surface area contributed by atoms with Gasteiger partial charge in [-0.2, -0.15) is 0 Å². The van der Waals surface area contributed by atoms with Crippen LogP contribution in [0.3, 0.4) is 0 Å². The summed E-state index contributed by atoms with van der Waals surface area (Å²) in [6, 6.07) is 0. The molecule has 108 valence electrons. The SMILES string of the molecule is CC(CO)OC(=O)C(C)(CC(C)(C)C)C(C)(C)C. The molecular formula is C15H30O3. The van der Waals surface area contributed by atoms with Crippen LogP contribution in [0.2, 0.25) is 0 Å². The van der Waals surface area contributed by atoms with Crippen LogP contribution in [0.4, 0.5) is 0 Å². The van der Waals surface area contributed by atoms with Crippen LogP contribution in [0.15, 0.2) is 0 Å². The average molecular weight is 258 g/mol. The summed E-state index contributed by atoms with van der Waals surface area (Å²) < 4.78 is 5.35. The van der Waals surface area contributed by atoms with Gasteiger partial charge in [0.25, 0.3) is 0 Å². The Labute approximate surface area is 112 Å². The molecule has 2 unspecified atom stereocenters. The zero-order chi connectivity index (χ0) is 14.8. The molecule has 18 heavy (non-hydrogen) atoms. The molecule has 0 fully saturated rings. The summed E-state index contributed by atoms with van der Waals surface area (Å²) in [5, 5.41) is 9.01. The van der Waals surface area contributed by atoms with Gasteiger partial charge >= 0.3 is 5.97 Å². The van der Waals surface area contributed by atoms with Crippen molar-refractivity contribution in [2.24, 2.45) is 16.2 Å². The molecule has 3 heteroatoms. The fourth-order valence-electron chi connectivity index (χ4n) is 2.05. The summed E-state index contributed by atoms with van der Waals surface area (Å²) in [5.74, 6) is -0.216. The van der Waals surface area contributed by atoms with Crippen molar-refractivity contribution in [2.45, 2.75) is 67.9 Å². The number of hydrogen-bond donors (Lipinski definition) is 1. The largest absolute Gasteiger partial charge is 0.460 e. The van der Waals surface area contributed by atoms with Crippen molar-refractivity contribution in [1.82, 2.24) is 0 Å². The van der Waals surface area contributed by atoms with Gasteiger partial charge in [-0.25, -0.2) is 0 Å². The molecule has 0 spiro atoms. The lowest BCUT2D eigenvalue weighted by atomic mass is 9.61. The second-order valence-corrected chi connectivity index (χ2v) is 7.72. The summed E-state index contributed by atoms with van der Waals surface area (Å²) in [7, 11) is 0. The van der Waals surface area contributed by atoms with Crippen molar-refractivity contribution < 1.29 is 14.6 Å². The molecule has 0 amide bonds. The van der Waals surface area contributed by atoms with Crippen LogP contribution in [-0.4, -0.2) is 23.8 Å². The Hall–Kier alpha value is -0.570. The number of ether oxygens (including phenoxy) is 1. The molecule has 0 aliphatic rings. The Morgan fingerprint density at radius 3 is 1.83 bits per heavy atom. The van der Waals surface area contributed by atoms with Gasteiger partial charge in [-0.3, -0.25) is 4.79 Å². The third-order valence-corrected chi connectivity index (χ3v) is 3.56. The first-order chi connectivity index (χ1) is 7.83. The van der Waals surface area contributed by atoms with E-state index in [2.05, 4.69) is 41.5 Å². The summed E-state index contributed by atoms with van der Waals surface area (Å²) >= 11 is 0. The maximum absolute atomic E-state index is 12.4. The molecule has 0 aromatic rings. The highest BCUT2D eigenvalue weighted by Crippen LogP contribution is 2.47. The summed E-state index contributed by atoms with van der Waals surface area (Å²) in [6.07, 6.45) is 0.305. The number of rotatable bonds is 4. The highest BCUT2D eigenvalue weighted by Gasteiger charge is 2.48. The number of esters is 1. The molecule has 3 nitrogen and oxygen atoms in total. The molecule has 0 saturated heterocycles. The molecule has 0 bridgehead atoms. The number of hydrogen-bond acceptors (Lipinski definition) is 3. The first kappa shape index (κ1) is 17.4. The van der Waals surface area contributed by atoms with Crippen molar-refractivity contribution in [3.63, 3.8) is 0 Å². The van der Waals surface area contributed by atoms with Gasteiger partial charge in [0, 0.05) is 0 Å². The van der Waals surface area contributed by atoms with Crippen LogP contribution in [-0.2, 0) is 9.53 Å². The van der Waals surface area contributed by atoms with Crippen LogP contribution in [0.25, 0.3) is 0 Å². The maximum Gasteiger partial charge on any atom is 0.312 e. The first-order valence-electron chi connectivity index (χ1n) is 6.65. The fraction of sp³-hybridized carbons (Fsp3) is 0.933. The second-order valence-electron chi connectivity index (χ2n) is 7.72. The minimum absolute atomic E-state index is 0.0451. The Bertz CT molecular complexity index is 283. The lowest BCUT2D eigenvalue weighted by Gasteiger charge is -2.43. The number of carbonyl (C=O) groups excluding carboxylic acids is 1. The van der Waals surface area contributed by atoms with Crippen LogP contribution in [0.5, 0.6) is 0 Å². The van der Waals surface area contributed by atoms with E-state index < -0.39 is 11.5 Å². The molecule has 0 rings (SSSR count). The zero-order valence-corrected chi connectivity index (χ0v) is 13.3. The molecule has 0 saturated carbocycles. The lowest BCUT2D eigenvalue weighted by molar-refractivity contribution is -0.171. The van der Waals surface area contributed by atoms with Gasteiger partial charge in [0.05, 0.1) is 12.0 Å². The van der Waals surface area contributed by atoms with E-state index in [4.69, 9.17) is 9.84 Å². The third kappa shape index (κ3) is 4.60. The van der Waals surface area contributed by atoms with E-state index in [1.807, 2.05) is 6.92 Å². The Balaban J connectivity index is 5.18. The van der Waals surface area contributed by atoms with E-state index in [0.717, 1.165) is 6.42 Å².